The Hall–Kier alpha value is -3.71. The Morgan fingerprint density at radius 1 is 0.935 bits per heavy atom. The molecule has 0 saturated carbocycles. The summed E-state index contributed by atoms with van der Waals surface area (Å²) in [6.07, 6.45) is 0. The lowest BCUT2D eigenvalue weighted by atomic mass is 9.98. The second kappa shape index (κ2) is 10.9. The van der Waals surface area contributed by atoms with Crippen LogP contribution < -0.4 is 16.0 Å². The Balaban J connectivity index is 1.48. The third-order valence-electron chi connectivity index (χ3n) is 4.99. The van der Waals surface area contributed by atoms with Crippen LogP contribution in [0.2, 0.25) is 0 Å². The summed E-state index contributed by atoms with van der Waals surface area (Å²) in [6, 6.07) is 24.8. The van der Waals surface area contributed by atoms with Gasteiger partial charge in [0, 0.05) is 42.0 Å². The maximum atomic E-state index is 12.4. The highest BCUT2D eigenvalue weighted by molar-refractivity contribution is 5.76. The number of rotatable bonds is 10. The SMILES string of the molecule is Cc1ccc([C@@H]([NH2+]CC(=O)NCCNc2ccc([N+](=O)[O-])cc2)c2ccccc2)cc1. The van der Waals surface area contributed by atoms with Gasteiger partial charge in [0.25, 0.3) is 11.6 Å². The fraction of sp³-hybridized carbons (Fsp3) is 0.208. The number of quaternary nitrogens is 1. The van der Waals surface area contributed by atoms with E-state index < -0.39 is 4.92 Å². The van der Waals surface area contributed by atoms with Crippen molar-refractivity contribution in [1.29, 1.82) is 0 Å². The molecule has 0 aliphatic rings. The molecule has 0 radical (unpaired) electrons. The summed E-state index contributed by atoms with van der Waals surface area (Å²) in [5.74, 6) is -0.0430. The van der Waals surface area contributed by atoms with Crippen LogP contribution in [0.15, 0.2) is 78.9 Å². The highest BCUT2D eigenvalue weighted by atomic mass is 16.6. The predicted octanol–water partition coefficient (Wildman–Crippen LogP) is 2.78. The number of aryl methyl sites for hydroxylation is 1. The molecule has 0 aliphatic carbocycles. The molecule has 3 aromatic carbocycles. The second-order valence-electron chi connectivity index (χ2n) is 7.32. The molecule has 0 spiro atoms. The minimum Gasteiger partial charge on any atom is -0.383 e. The molecular formula is C24H27N4O3+. The van der Waals surface area contributed by atoms with Crippen LogP contribution >= 0.6 is 0 Å². The summed E-state index contributed by atoms with van der Waals surface area (Å²) in [5, 5.41) is 18.8. The molecule has 3 rings (SSSR count). The van der Waals surface area contributed by atoms with E-state index >= 15 is 0 Å². The van der Waals surface area contributed by atoms with Gasteiger partial charge in [-0.15, -0.1) is 0 Å². The van der Waals surface area contributed by atoms with Crippen LogP contribution in [0.5, 0.6) is 0 Å². The van der Waals surface area contributed by atoms with Crippen molar-refractivity contribution in [2.24, 2.45) is 0 Å². The van der Waals surface area contributed by atoms with Crippen LogP contribution in [0.3, 0.4) is 0 Å². The molecule has 0 saturated heterocycles. The molecular weight excluding hydrogens is 392 g/mol. The molecule has 0 aliphatic heterocycles. The van der Waals surface area contributed by atoms with Crippen molar-refractivity contribution in [1.82, 2.24) is 5.32 Å². The number of non-ortho nitro benzene ring substituents is 1. The largest absolute Gasteiger partial charge is 0.383 e. The molecule has 1 atom stereocenters. The highest BCUT2D eigenvalue weighted by Crippen LogP contribution is 2.18. The van der Waals surface area contributed by atoms with E-state index in [4.69, 9.17) is 0 Å². The maximum absolute atomic E-state index is 12.4. The van der Waals surface area contributed by atoms with Crippen molar-refractivity contribution in [2.45, 2.75) is 13.0 Å². The third kappa shape index (κ3) is 6.65. The summed E-state index contributed by atoms with van der Waals surface area (Å²) in [6.45, 7) is 3.36. The van der Waals surface area contributed by atoms with Gasteiger partial charge in [-0.3, -0.25) is 14.9 Å². The van der Waals surface area contributed by atoms with Crippen LogP contribution in [-0.2, 0) is 4.79 Å². The van der Waals surface area contributed by atoms with E-state index in [0.717, 1.165) is 16.8 Å². The van der Waals surface area contributed by atoms with Gasteiger partial charge in [-0.1, -0.05) is 60.2 Å². The Labute approximate surface area is 181 Å². The van der Waals surface area contributed by atoms with Crippen LogP contribution in [0.1, 0.15) is 22.7 Å². The minimum absolute atomic E-state index is 0.0430. The van der Waals surface area contributed by atoms with Crippen molar-refractivity contribution >= 4 is 17.3 Å². The van der Waals surface area contributed by atoms with Crippen molar-refractivity contribution in [3.63, 3.8) is 0 Å². The van der Waals surface area contributed by atoms with Crippen molar-refractivity contribution in [3.8, 4) is 0 Å². The monoisotopic (exact) mass is 419 g/mol. The number of carbonyl (C=O) groups is 1. The second-order valence-corrected chi connectivity index (χ2v) is 7.32. The van der Waals surface area contributed by atoms with Gasteiger partial charge >= 0.3 is 0 Å². The normalized spacial score (nSPS) is 11.5. The van der Waals surface area contributed by atoms with Gasteiger partial charge in [-0.05, 0) is 19.1 Å². The van der Waals surface area contributed by atoms with Gasteiger partial charge in [-0.2, -0.15) is 0 Å². The topological polar surface area (TPSA) is 101 Å². The predicted molar refractivity (Wildman–Crippen MR) is 121 cm³/mol. The Kier molecular flexibility index (Phi) is 7.73. The zero-order valence-corrected chi connectivity index (χ0v) is 17.5. The van der Waals surface area contributed by atoms with E-state index in [-0.39, 0.29) is 17.6 Å². The summed E-state index contributed by atoms with van der Waals surface area (Å²) < 4.78 is 0. The first kappa shape index (κ1) is 22.0. The molecule has 3 aromatic rings. The van der Waals surface area contributed by atoms with Crippen LogP contribution in [0.4, 0.5) is 11.4 Å². The first-order chi connectivity index (χ1) is 15.0. The van der Waals surface area contributed by atoms with Gasteiger partial charge in [0.15, 0.2) is 6.54 Å². The zero-order valence-electron chi connectivity index (χ0n) is 17.5. The molecule has 4 N–H and O–H groups in total. The van der Waals surface area contributed by atoms with E-state index in [2.05, 4.69) is 54.0 Å². The molecule has 160 valence electrons. The first-order valence-electron chi connectivity index (χ1n) is 10.2. The van der Waals surface area contributed by atoms with Gasteiger partial charge in [0.05, 0.1) is 4.92 Å². The lowest BCUT2D eigenvalue weighted by Gasteiger charge is -2.17. The summed E-state index contributed by atoms with van der Waals surface area (Å²) >= 11 is 0. The van der Waals surface area contributed by atoms with Gasteiger partial charge in [0.2, 0.25) is 0 Å². The van der Waals surface area contributed by atoms with Gasteiger partial charge < -0.3 is 16.0 Å². The number of hydrogen-bond donors (Lipinski definition) is 3. The summed E-state index contributed by atoms with van der Waals surface area (Å²) in [4.78, 5) is 22.6. The number of nitrogens with two attached hydrogens (primary N) is 1. The number of hydrogen-bond acceptors (Lipinski definition) is 4. The van der Waals surface area contributed by atoms with Crippen molar-refractivity contribution in [2.75, 3.05) is 25.0 Å². The van der Waals surface area contributed by atoms with E-state index in [1.54, 1.807) is 12.1 Å². The van der Waals surface area contributed by atoms with Gasteiger partial charge in [-0.25, -0.2) is 0 Å². The number of carbonyl (C=O) groups excluding carboxylic acids is 1. The quantitative estimate of drug-likeness (QED) is 0.267. The number of amides is 1. The molecule has 0 heterocycles. The van der Waals surface area contributed by atoms with Crippen molar-refractivity contribution in [3.05, 3.63) is 106 Å². The van der Waals surface area contributed by atoms with Crippen molar-refractivity contribution < 1.29 is 15.0 Å². The minimum atomic E-state index is -0.431. The molecule has 7 nitrogen and oxygen atoms in total. The lowest BCUT2D eigenvalue weighted by molar-refractivity contribution is -0.676. The Bertz CT molecular complexity index is 990. The van der Waals surface area contributed by atoms with Crippen LogP contribution in [0.25, 0.3) is 0 Å². The fourth-order valence-electron chi connectivity index (χ4n) is 3.31. The zero-order chi connectivity index (χ0) is 22.1. The average molecular weight is 420 g/mol. The number of benzene rings is 3. The van der Waals surface area contributed by atoms with E-state index in [9.17, 15) is 14.9 Å². The molecule has 0 aromatic heterocycles. The molecule has 0 fully saturated rings. The highest BCUT2D eigenvalue weighted by Gasteiger charge is 2.18. The summed E-state index contributed by atoms with van der Waals surface area (Å²) in [5.41, 5.74) is 4.34. The third-order valence-corrected chi connectivity index (χ3v) is 4.99. The van der Waals surface area contributed by atoms with E-state index in [1.165, 1.54) is 17.7 Å². The lowest BCUT2D eigenvalue weighted by Crippen LogP contribution is -2.87. The average Bonchev–Trinajstić information content (AvgIpc) is 2.79. The number of nitro benzene ring substituents is 1. The fourth-order valence-corrected chi connectivity index (χ4v) is 3.31. The van der Waals surface area contributed by atoms with E-state index in [0.29, 0.717) is 19.6 Å². The van der Waals surface area contributed by atoms with Crippen LogP contribution in [-0.4, -0.2) is 30.5 Å². The Morgan fingerprint density at radius 3 is 2.23 bits per heavy atom. The first-order valence-corrected chi connectivity index (χ1v) is 10.2. The molecule has 31 heavy (non-hydrogen) atoms. The molecule has 1 amide bonds. The smallest absolute Gasteiger partial charge is 0.275 e. The number of anilines is 1. The number of nitrogens with one attached hydrogen (secondary N) is 2. The van der Waals surface area contributed by atoms with Crippen LogP contribution in [0, 0.1) is 17.0 Å². The molecule has 7 heteroatoms. The number of nitro groups is 1. The van der Waals surface area contributed by atoms with Gasteiger partial charge in [0.1, 0.15) is 6.04 Å². The molecule has 0 bridgehead atoms. The number of nitrogens with zero attached hydrogens (tertiary/aromatic N) is 1. The standard InChI is InChI=1S/C24H26N4O3/c1-18-7-9-20(10-8-18)24(19-5-3-2-4-6-19)27-17-23(29)26-16-15-25-21-11-13-22(14-12-21)28(30)31/h2-14,24-25,27H,15-17H2,1H3,(H,26,29)/p+1/t24-/m0/s1. The summed E-state index contributed by atoms with van der Waals surface area (Å²) in [7, 11) is 0. The van der Waals surface area contributed by atoms with E-state index in [1.807, 2.05) is 23.5 Å². The molecule has 0 unspecified atom stereocenters. The maximum Gasteiger partial charge on any atom is 0.275 e. The Morgan fingerprint density at radius 2 is 1.58 bits per heavy atom.